The molecule has 0 aliphatic rings. The third-order valence-electron chi connectivity index (χ3n) is 7.72. The summed E-state index contributed by atoms with van der Waals surface area (Å²) < 4.78 is 56.9. The predicted octanol–water partition coefficient (Wildman–Crippen LogP) is 9.72. The molecule has 3 atom stereocenters. The van der Waals surface area contributed by atoms with E-state index in [2.05, 4.69) is 70.9 Å². The van der Waals surface area contributed by atoms with Gasteiger partial charge in [-0.05, 0) is 68.1 Å². The molecule has 2 unspecified atom stereocenters. The van der Waals surface area contributed by atoms with E-state index in [0.717, 1.165) is 12.1 Å². The Morgan fingerprint density at radius 1 is 0.920 bits per heavy atom. The minimum absolute atomic E-state index is 0.185. The Morgan fingerprint density at radius 3 is 2.02 bits per heavy atom. The van der Waals surface area contributed by atoms with Crippen LogP contribution in [0.15, 0.2) is 103 Å². The summed E-state index contributed by atoms with van der Waals surface area (Å²) in [5.41, 5.74) is 1.78. The van der Waals surface area contributed by atoms with Gasteiger partial charge in [0.15, 0.2) is 0 Å². The third-order valence-corrected chi connectivity index (χ3v) is 7.94. The Labute approximate surface area is 299 Å². The van der Waals surface area contributed by atoms with Crippen molar-refractivity contribution >= 4 is 11.6 Å². The maximum Gasteiger partial charge on any atom is 0.461 e. The molecule has 50 heavy (non-hydrogen) atoms. The average molecular weight is 714 g/mol. The van der Waals surface area contributed by atoms with Gasteiger partial charge in [0.05, 0.1) is 22.3 Å². The molecule has 0 amide bonds. The van der Waals surface area contributed by atoms with Crippen molar-refractivity contribution in [2.45, 2.75) is 97.3 Å². The van der Waals surface area contributed by atoms with E-state index in [1.165, 1.54) is 30.0 Å². The summed E-state index contributed by atoms with van der Waals surface area (Å²) in [7, 11) is 0. The van der Waals surface area contributed by atoms with E-state index < -0.39 is 30.1 Å². The number of nitrogens with one attached hydrogen (secondary N) is 1. The van der Waals surface area contributed by atoms with Crippen LogP contribution < -0.4 is 10.1 Å². The number of terminal acetylenes is 1. The van der Waals surface area contributed by atoms with E-state index in [9.17, 15) is 22.7 Å². The number of pyridine rings is 1. The summed E-state index contributed by atoms with van der Waals surface area (Å²) in [5.74, 6) is 2.35. The molecule has 270 valence electrons. The van der Waals surface area contributed by atoms with E-state index in [1.807, 2.05) is 50.2 Å². The number of nitrogens with zero attached hydrogens (tertiary/aromatic N) is 2. The van der Waals surface area contributed by atoms with Gasteiger partial charge >= 0.3 is 12.5 Å². The van der Waals surface area contributed by atoms with Crippen LogP contribution in [0.25, 0.3) is 0 Å². The number of halogens is 5. The lowest BCUT2D eigenvalue weighted by molar-refractivity contribution is -0.253. The molecule has 0 radical (unpaired) electrons. The van der Waals surface area contributed by atoms with Gasteiger partial charge < -0.3 is 9.84 Å². The quantitative estimate of drug-likeness (QED) is 0.0775. The number of aliphatic hydroxyl groups excluding tert-OH is 1. The highest BCUT2D eigenvalue weighted by atomic mass is 35.5. The number of hydrogen-bond donors (Lipinski definition) is 2. The SMILES string of the molecule is C#CC(C)N(Cc1ccccc1)C(C)C.CC.CCC(O)N[C@@](Cc1ccccc1)(c1cccc(OC(F)(F)C(F)F)c1)c1ccc(Cl)cn1. The van der Waals surface area contributed by atoms with Crippen LogP contribution in [0, 0.1) is 12.3 Å². The summed E-state index contributed by atoms with van der Waals surface area (Å²) in [6, 6.07) is 29.1. The first kappa shape index (κ1) is 42.2. The van der Waals surface area contributed by atoms with Crippen LogP contribution in [0.3, 0.4) is 0 Å². The maximum atomic E-state index is 13.6. The van der Waals surface area contributed by atoms with Gasteiger partial charge in [-0.15, -0.1) is 6.42 Å². The molecule has 0 spiro atoms. The van der Waals surface area contributed by atoms with Crippen LogP contribution in [-0.2, 0) is 18.5 Å². The number of alkyl halides is 4. The van der Waals surface area contributed by atoms with Crippen molar-refractivity contribution in [3.05, 3.63) is 131 Å². The summed E-state index contributed by atoms with van der Waals surface area (Å²) in [6.45, 7) is 13.1. The van der Waals surface area contributed by atoms with E-state index in [4.69, 9.17) is 18.0 Å². The molecule has 0 bridgehead atoms. The first-order valence-electron chi connectivity index (χ1n) is 16.6. The second kappa shape index (κ2) is 20.7. The molecule has 5 nitrogen and oxygen atoms in total. The second-order valence-electron chi connectivity index (χ2n) is 11.6. The van der Waals surface area contributed by atoms with Gasteiger partial charge in [-0.1, -0.05) is 111 Å². The maximum absolute atomic E-state index is 13.6. The summed E-state index contributed by atoms with van der Waals surface area (Å²) in [4.78, 5) is 6.74. The van der Waals surface area contributed by atoms with Crippen LogP contribution in [0.1, 0.15) is 70.3 Å². The van der Waals surface area contributed by atoms with Crippen molar-refractivity contribution in [2.24, 2.45) is 0 Å². The molecule has 4 rings (SSSR count). The molecule has 0 aliphatic heterocycles. The van der Waals surface area contributed by atoms with Gasteiger partial charge in [0.25, 0.3) is 0 Å². The van der Waals surface area contributed by atoms with E-state index >= 15 is 0 Å². The Bertz CT molecular complexity index is 1570. The number of aromatic nitrogens is 1. The van der Waals surface area contributed by atoms with Crippen molar-refractivity contribution in [2.75, 3.05) is 0 Å². The van der Waals surface area contributed by atoms with E-state index in [1.54, 1.807) is 25.1 Å². The minimum atomic E-state index is -4.66. The van der Waals surface area contributed by atoms with Crippen LogP contribution in [0.5, 0.6) is 5.75 Å². The number of ether oxygens (including phenoxy) is 1. The molecule has 10 heteroatoms. The van der Waals surface area contributed by atoms with Crippen molar-refractivity contribution in [3.8, 4) is 18.1 Å². The molecule has 0 fully saturated rings. The van der Waals surface area contributed by atoms with Crippen molar-refractivity contribution in [3.63, 3.8) is 0 Å². The monoisotopic (exact) mass is 713 g/mol. The zero-order valence-corrected chi connectivity index (χ0v) is 30.2. The highest BCUT2D eigenvalue weighted by Crippen LogP contribution is 2.37. The lowest BCUT2D eigenvalue weighted by Crippen LogP contribution is -2.51. The lowest BCUT2D eigenvalue weighted by atomic mass is 9.80. The molecule has 3 aromatic carbocycles. The summed E-state index contributed by atoms with van der Waals surface area (Å²) >= 11 is 6.02. The number of aliphatic hydroxyl groups is 1. The van der Waals surface area contributed by atoms with Gasteiger partial charge in [-0.3, -0.25) is 15.2 Å². The second-order valence-corrected chi connectivity index (χ2v) is 12.0. The number of hydrogen-bond acceptors (Lipinski definition) is 5. The highest BCUT2D eigenvalue weighted by molar-refractivity contribution is 6.30. The largest absolute Gasteiger partial charge is 0.461 e. The first-order valence-corrected chi connectivity index (χ1v) is 17.0. The van der Waals surface area contributed by atoms with Crippen molar-refractivity contribution in [1.29, 1.82) is 0 Å². The summed E-state index contributed by atoms with van der Waals surface area (Å²) in [5, 5.41) is 14.1. The standard InChI is InChI=1S/C24H23ClF4N2O2.C14H19N.C2H6/c1-2-21(32)31-23(14-16-7-4-3-5-8-16,20-12-11-18(25)15-30-20)17-9-6-10-19(13-17)33-24(28,29)22(26)27;1-5-13(4)15(12(2)3)11-14-9-7-6-8-10-14;1-2/h3-13,15,21-22,31-32H,2,14H2,1H3;1,6-10,12-13H,11H2,2-4H3;1-2H3/t21?,23-;;/m0../s1. The normalized spacial score (nSPS) is 13.6. The zero-order valence-electron chi connectivity index (χ0n) is 29.5. The lowest BCUT2D eigenvalue weighted by Gasteiger charge is -2.37. The average Bonchev–Trinajstić information content (AvgIpc) is 3.12. The highest BCUT2D eigenvalue weighted by Gasteiger charge is 2.44. The van der Waals surface area contributed by atoms with Crippen LogP contribution in [-0.4, -0.2) is 45.8 Å². The van der Waals surface area contributed by atoms with E-state index in [0.29, 0.717) is 28.7 Å². The molecule has 0 saturated carbocycles. The van der Waals surface area contributed by atoms with Crippen LogP contribution in [0.4, 0.5) is 17.6 Å². The molecule has 4 aromatic rings. The van der Waals surface area contributed by atoms with Crippen LogP contribution >= 0.6 is 11.6 Å². The molecule has 0 saturated heterocycles. The molecule has 0 aliphatic carbocycles. The number of rotatable bonds is 14. The molecular weight excluding hydrogens is 666 g/mol. The van der Waals surface area contributed by atoms with E-state index in [-0.39, 0.29) is 12.5 Å². The Morgan fingerprint density at radius 2 is 1.52 bits per heavy atom. The van der Waals surface area contributed by atoms with Gasteiger partial charge in [0.1, 0.15) is 12.0 Å². The smallest absolute Gasteiger partial charge is 0.428 e. The molecule has 2 N–H and O–H groups in total. The molecule has 1 heterocycles. The van der Waals surface area contributed by atoms with Gasteiger partial charge in [0, 0.05) is 25.2 Å². The van der Waals surface area contributed by atoms with Crippen LogP contribution in [0.2, 0.25) is 5.02 Å². The summed E-state index contributed by atoms with van der Waals surface area (Å²) in [6.07, 6.45) is -2.14. The first-order chi connectivity index (χ1) is 23.8. The Balaban J connectivity index is 0.000000426. The fourth-order valence-corrected chi connectivity index (χ4v) is 5.26. The number of benzene rings is 3. The minimum Gasteiger partial charge on any atom is -0.428 e. The third kappa shape index (κ3) is 12.4. The van der Waals surface area contributed by atoms with Gasteiger partial charge in [-0.25, -0.2) is 0 Å². The predicted molar refractivity (Wildman–Crippen MR) is 194 cm³/mol. The fourth-order valence-electron chi connectivity index (χ4n) is 5.15. The molecular formula is C40H48ClF4N3O2. The van der Waals surface area contributed by atoms with Gasteiger partial charge in [-0.2, -0.15) is 17.6 Å². The zero-order chi connectivity index (χ0) is 37.3. The van der Waals surface area contributed by atoms with Crippen molar-refractivity contribution < 1.29 is 27.4 Å². The fraction of sp³-hybridized carbons (Fsp3) is 0.375. The topological polar surface area (TPSA) is 57.6 Å². The Kier molecular flexibility index (Phi) is 17.5. The Hall–Kier alpha value is -3.94. The molecule has 1 aromatic heterocycles. The van der Waals surface area contributed by atoms with Crippen molar-refractivity contribution in [1.82, 2.24) is 15.2 Å². The van der Waals surface area contributed by atoms with Gasteiger partial charge in [0.2, 0.25) is 0 Å².